The van der Waals surface area contributed by atoms with Crippen LogP contribution in [-0.4, -0.2) is 38.2 Å². The summed E-state index contributed by atoms with van der Waals surface area (Å²) in [5.74, 6) is -0.804. The van der Waals surface area contributed by atoms with Gasteiger partial charge < -0.3 is 18.9 Å². The van der Waals surface area contributed by atoms with Crippen molar-refractivity contribution in [1.82, 2.24) is 0 Å². The molecule has 1 aromatic rings. The number of hydrogen-bond donors (Lipinski definition) is 0. The van der Waals surface area contributed by atoms with Gasteiger partial charge in [-0.15, -0.1) is 0 Å². The van der Waals surface area contributed by atoms with Crippen LogP contribution in [-0.2, 0) is 30.3 Å². The van der Waals surface area contributed by atoms with E-state index in [1.54, 1.807) is 6.08 Å². The van der Waals surface area contributed by atoms with Crippen LogP contribution >= 0.6 is 0 Å². The zero-order chi connectivity index (χ0) is 25.1. The molecule has 2 bridgehead atoms. The van der Waals surface area contributed by atoms with E-state index in [9.17, 15) is 4.79 Å². The summed E-state index contributed by atoms with van der Waals surface area (Å²) in [7, 11) is 0. The molecule has 4 rings (SSSR count). The summed E-state index contributed by atoms with van der Waals surface area (Å²) >= 11 is 0. The number of esters is 1. The van der Waals surface area contributed by atoms with Crippen LogP contribution in [0.4, 0.5) is 0 Å². The Morgan fingerprint density at radius 3 is 2.57 bits per heavy atom. The van der Waals surface area contributed by atoms with Crippen LogP contribution in [0.5, 0.6) is 0 Å². The fourth-order valence-corrected chi connectivity index (χ4v) is 6.41. The van der Waals surface area contributed by atoms with Crippen molar-refractivity contribution >= 4 is 5.97 Å². The highest BCUT2D eigenvalue weighted by atomic mass is 16.7. The first-order valence-corrected chi connectivity index (χ1v) is 12.6. The highest BCUT2D eigenvalue weighted by Crippen LogP contribution is 2.66. The van der Waals surface area contributed by atoms with Gasteiger partial charge in [0.25, 0.3) is 0 Å². The van der Waals surface area contributed by atoms with E-state index in [0.717, 1.165) is 36.0 Å². The van der Waals surface area contributed by atoms with Crippen molar-refractivity contribution in [3.05, 3.63) is 84.5 Å². The molecule has 0 unspecified atom stereocenters. The Morgan fingerprint density at radius 2 is 1.94 bits per heavy atom. The number of fused-ring (bicyclic) bond motifs is 3. The van der Waals surface area contributed by atoms with Gasteiger partial charge in [-0.25, -0.2) is 4.79 Å². The van der Waals surface area contributed by atoms with Gasteiger partial charge in [0.15, 0.2) is 5.79 Å². The van der Waals surface area contributed by atoms with E-state index >= 15 is 0 Å². The van der Waals surface area contributed by atoms with Crippen molar-refractivity contribution in [2.45, 2.75) is 45.5 Å². The SMILES string of the molecule is C=C/C(=C/[C@H](COCc1ccccc1)[C@@]12CC(=C)[C@@H](C1)C1(C[C@H]2C(=C)C)OCCO1)C(=O)OCC. The molecular formula is C30H38O5. The molecule has 5 heteroatoms. The third-order valence-corrected chi connectivity index (χ3v) is 7.98. The summed E-state index contributed by atoms with van der Waals surface area (Å²) in [5, 5.41) is 0. The lowest BCUT2D eigenvalue weighted by Gasteiger charge is -2.51. The van der Waals surface area contributed by atoms with Crippen LogP contribution in [0.3, 0.4) is 0 Å². The Balaban J connectivity index is 1.70. The Bertz CT molecular complexity index is 987. The van der Waals surface area contributed by atoms with Gasteiger partial charge in [0.1, 0.15) is 0 Å². The number of carbonyl (C=O) groups is 1. The Hall–Kier alpha value is -2.47. The molecule has 0 aromatic heterocycles. The van der Waals surface area contributed by atoms with Crippen molar-refractivity contribution in [2.24, 2.45) is 23.2 Å². The summed E-state index contributed by atoms with van der Waals surface area (Å²) in [6.07, 6.45) is 6.00. The van der Waals surface area contributed by atoms with Crippen molar-refractivity contribution in [3.8, 4) is 0 Å². The molecule has 0 amide bonds. The Labute approximate surface area is 209 Å². The highest BCUT2D eigenvalue weighted by molar-refractivity contribution is 5.91. The van der Waals surface area contributed by atoms with Crippen molar-refractivity contribution in [3.63, 3.8) is 0 Å². The molecule has 1 aliphatic heterocycles. The zero-order valence-corrected chi connectivity index (χ0v) is 21.1. The van der Waals surface area contributed by atoms with E-state index in [1.165, 1.54) is 0 Å². The molecule has 2 aliphatic carbocycles. The number of rotatable bonds is 10. The second kappa shape index (κ2) is 10.7. The van der Waals surface area contributed by atoms with Crippen LogP contribution in [0.1, 0.15) is 38.7 Å². The standard InChI is InChI=1S/C30H38O5/c1-6-24(28(31)33-7-2)15-25(20-32-19-23-11-9-8-10-12-23)29-16-22(5)27(17-29)30(34-13-14-35-30)18-26(29)21(3)4/h6,8-12,15,25-27H,1,3,5,7,13-14,16-20H2,2,4H3/b24-15-/t25-,26+,27-,29-/m1/s1. The predicted octanol–water partition coefficient (Wildman–Crippen LogP) is 5.79. The number of ether oxygens (including phenoxy) is 4. The highest BCUT2D eigenvalue weighted by Gasteiger charge is 2.64. The van der Waals surface area contributed by atoms with Crippen LogP contribution in [0.25, 0.3) is 0 Å². The third-order valence-electron chi connectivity index (χ3n) is 7.98. The second-order valence-electron chi connectivity index (χ2n) is 10.1. The van der Waals surface area contributed by atoms with Crippen LogP contribution < -0.4 is 0 Å². The minimum Gasteiger partial charge on any atom is -0.462 e. The fourth-order valence-electron chi connectivity index (χ4n) is 6.41. The summed E-state index contributed by atoms with van der Waals surface area (Å²) in [4.78, 5) is 12.7. The first kappa shape index (κ1) is 25.6. The lowest BCUT2D eigenvalue weighted by atomic mass is 9.57. The maximum atomic E-state index is 12.7. The fraction of sp³-hybridized carbons (Fsp3) is 0.500. The Kier molecular flexibility index (Phi) is 7.80. The molecule has 1 aromatic carbocycles. The van der Waals surface area contributed by atoms with Crippen molar-refractivity contribution < 1.29 is 23.7 Å². The van der Waals surface area contributed by atoms with E-state index in [0.29, 0.717) is 38.6 Å². The van der Waals surface area contributed by atoms with Gasteiger partial charge in [0.05, 0.1) is 38.6 Å². The first-order chi connectivity index (χ1) is 16.8. The van der Waals surface area contributed by atoms with Gasteiger partial charge in [-0.1, -0.05) is 73.4 Å². The van der Waals surface area contributed by atoms with Gasteiger partial charge in [0.2, 0.25) is 0 Å². The number of benzene rings is 1. The molecule has 188 valence electrons. The van der Waals surface area contributed by atoms with E-state index in [-0.39, 0.29) is 29.1 Å². The average Bonchev–Trinajstić information content (AvgIpc) is 3.43. The van der Waals surface area contributed by atoms with E-state index in [1.807, 2.05) is 31.2 Å². The molecular weight excluding hydrogens is 440 g/mol. The molecule has 3 aliphatic rings. The van der Waals surface area contributed by atoms with E-state index in [2.05, 4.69) is 38.8 Å². The average molecular weight is 479 g/mol. The van der Waals surface area contributed by atoms with Gasteiger partial charge in [-0.05, 0) is 43.6 Å². The number of hydrogen-bond acceptors (Lipinski definition) is 5. The molecule has 4 atom stereocenters. The number of allylic oxidation sites excluding steroid dienone is 1. The summed E-state index contributed by atoms with van der Waals surface area (Å²) in [5.41, 5.74) is 3.62. The molecule has 2 saturated carbocycles. The summed E-state index contributed by atoms with van der Waals surface area (Å²) in [6, 6.07) is 10.1. The predicted molar refractivity (Wildman–Crippen MR) is 136 cm³/mol. The zero-order valence-electron chi connectivity index (χ0n) is 21.1. The van der Waals surface area contributed by atoms with Crippen LogP contribution in [0.2, 0.25) is 0 Å². The maximum absolute atomic E-state index is 12.7. The molecule has 3 fully saturated rings. The summed E-state index contributed by atoms with van der Waals surface area (Å²) < 4.78 is 24.1. The summed E-state index contributed by atoms with van der Waals surface area (Å²) in [6.45, 7) is 19.1. The largest absolute Gasteiger partial charge is 0.462 e. The molecule has 1 heterocycles. The molecule has 0 radical (unpaired) electrons. The van der Waals surface area contributed by atoms with Crippen molar-refractivity contribution in [2.75, 3.05) is 26.4 Å². The van der Waals surface area contributed by atoms with E-state index in [4.69, 9.17) is 18.9 Å². The van der Waals surface area contributed by atoms with Gasteiger partial charge in [0, 0.05) is 18.3 Å². The van der Waals surface area contributed by atoms with E-state index < -0.39 is 5.79 Å². The molecule has 35 heavy (non-hydrogen) atoms. The maximum Gasteiger partial charge on any atom is 0.337 e. The Morgan fingerprint density at radius 1 is 1.23 bits per heavy atom. The van der Waals surface area contributed by atoms with Crippen molar-refractivity contribution in [1.29, 1.82) is 0 Å². The molecule has 5 nitrogen and oxygen atoms in total. The van der Waals surface area contributed by atoms with Crippen LogP contribution in [0.15, 0.2) is 78.9 Å². The lowest BCUT2D eigenvalue weighted by Crippen LogP contribution is -2.51. The molecule has 1 saturated heterocycles. The monoisotopic (exact) mass is 478 g/mol. The molecule has 1 spiro atoms. The quantitative estimate of drug-likeness (QED) is 0.184. The smallest absolute Gasteiger partial charge is 0.337 e. The minimum absolute atomic E-state index is 0.0641. The lowest BCUT2D eigenvalue weighted by molar-refractivity contribution is -0.222. The van der Waals surface area contributed by atoms with Crippen LogP contribution in [0, 0.1) is 23.2 Å². The normalized spacial score (nSPS) is 28.2. The van der Waals surface area contributed by atoms with Gasteiger partial charge in [-0.2, -0.15) is 0 Å². The minimum atomic E-state index is -0.623. The second-order valence-corrected chi connectivity index (χ2v) is 10.1. The molecule has 0 N–H and O–H groups in total. The van der Waals surface area contributed by atoms with Gasteiger partial charge >= 0.3 is 5.97 Å². The topological polar surface area (TPSA) is 54.0 Å². The first-order valence-electron chi connectivity index (χ1n) is 12.6. The number of carbonyl (C=O) groups excluding carboxylic acids is 1. The third kappa shape index (κ3) is 4.95. The van der Waals surface area contributed by atoms with Gasteiger partial charge in [-0.3, -0.25) is 0 Å².